The van der Waals surface area contributed by atoms with Gasteiger partial charge in [-0.1, -0.05) is 202 Å². The molecule has 3 aliphatic heterocycles. The van der Waals surface area contributed by atoms with Crippen molar-refractivity contribution in [2.75, 3.05) is 9.71 Å². The van der Waals surface area contributed by atoms with Crippen LogP contribution in [0.5, 0.6) is 0 Å². The van der Waals surface area contributed by atoms with Gasteiger partial charge in [-0.25, -0.2) is 0 Å². The summed E-state index contributed by atoms with van der Waals surface area (Å²) >= 11 is 0. The molecule has 0 unspecified atom stereocenters. The van der Waals surface area contributed by atoms with Gasteiger partial charge in [0.25, 0.3) is 0 Å². The summed E-state index contributed by atoms with van der Waals surface area (Å²) in [7, 11) is 0. The minimum atomic E-state index is -0.525. The normalized spacial score (nSPS) is 15.2. The van der Waals surface area contributed by atoms with Crippen molar-refractivity contribution < 1.29 is 0 Å². The average Bonchev–Trinajstić information content (AvgIpc) is 3.81. The summed E-state index contributed by atoms with van der Waals surface area (Å²) in [6.07, 6.45) is 0. The lowest BCUT2D eigenvalue weighted by molar-refractivity contribution is 0.662. The van der Waals surface area contributed by atoms with Gasteiger partial charge in [0.2, 0.25) is 0 Å². The summed E-state index contributed by atoms with van der Waals surface area (Å²) in [5.74, 6) is 0. The third-order valence-corrected chi connectivity index (χ3v) is 16.0. The first kappa shape index (κ1) is 37.1. The maximum atomic E-state index is 2.71. The van der Waals surface area contributed by atoms with E-state index in [1.807, 2.05) is 0 Å². The van der Waals surface area contributed by atoms with Crippen LogP contribution < -0.4 is 20.6 Å². The van der Waals surface area contributed by atoms with Crippen molar-refractivity contribution in [2.45, 2.75) is 24.7 Å². The van der Waals surface area contributed by atoms with Crippen LogP contribution in [-0.2, 0) is 10.8 Å². The van der Waals surface area contributed by atoms with E-state index in [1.165, 1.54) is 128 Å². The van der Waals surface area contributed by atoms with Gasteiger partial charge in [-0.2, -0.15) is 0 Å². The highest BCUT2D eigenvalue weighted by Gasteiger charge is 2.56. The molecule has 1 spiro atoms. The van der Waals surface area contributed by atoms with Gasteiger partial charge >= 0.3 is 6.85 Å². The largest absolute Gasteiger partial charge is 0.376 e. The van der Waals surface area contributed by atoms with Crippen LogP contribution in [0.4, 0.5) is 28.4 Å². The molecular weight excluding hydrogens is 808 g/mol. The van der Waals surface area contributed by atoms with Gasteiger partial charge in [-0.05, 0) is 131 Å². The maximum absolute atomic E-state index is 2.71. The van der Waals surface area contributed by atoms with Crippen LogP contribution in [0.1, 0.15) is 47.2 Å². The summed E-state index contributed by atoms with van der Waals surface area (Å²) in [4.78, 5) is 5.39. The predicted octanol–water partition coefficient (Wildman–Crippen LogP) is 14.7. The number of fused-ring (bicyclic) bond motifs is 17. The zero-order chi connectivity index (χ0) is 44.2. The van der Waals surface area contributed by atoms with Gasteiger partial charge in [0.05, 0.1) is 11.1 Å². The highest BCUT2D eigenvalue weighted by molar-refractivity contribution is 6.93. The van der Waals surface area contributed by atoms with Crippen LogP contribution in [0, 0.1) is 0 Å². The highest BCUT2D eigenvalue weighted by atomic mass is 15.2. The van der Waals surface area contributed by atoms with E-state index in [4.69, 9.17) is 0 Å². The van der Waals surface area contributed by atoms with E-state index >= 15 is 0 Å². The second kappa shape index (κ2) is 13.2. The maximum Gasteiger partial charge on any atom is 0.333 e. The molecule has 10 aromatic rings. The first-order valence-electron chi connectivity index (χ1n) is 23.7. The molecule has 0 atom stereocenters. The number of hydrogen-bond donors (Lipinski definition) is 0. The van der Waals surface area contributed by atoms with Crippen molar-refractivity contribution in [1.82, 2.24) is 0 Å². The Bertz CT molecular complexity index is 3650. The van der Waals surface area contributed by atoms with Crippen LogP contribution in [0.15, 0.2) is 224 Å². The van der Waals surface area contributed by atoms with E-state index in [-0.39, 0.29) is 12.3 Å². The molecule has 0 amide bonds. The third-order valence-electron chi connectivity index (χ3n) is 16.0. The van der Waals surface area contributed by atoms with Crippen LogP contribution in [0.2, 0.25) is 0 Å². The fourth-order valence-corrected chi connectivity index (χ4v) is 13.4. The molecule has 0 fully saturated rings. The third kappa shape index (κ3) is 4.66. The highest BCUT2D eigenvalue weighted by Crippen LogP contribution is 2.65. The molecule has 0 saturated carbocycles. The molecule has 0 saturated heterocycles. The average molecular weight is 851 g/mol. The lowest BCUT2D eigenvalue weighted by atomic mass is 9.41. The van der Waals surface area contributed by atoms with Crippen molar-refractivity contribution in [2.24, 2.45) is 0 Å². The number of para-hydroxylation sites is 3. The van der Waals surface area contributed by atoms with Crippen molar-refractivity contribution in [3.05, 3.63) is 258 Å². The number of benzene rings is 10. The lowest BCUT2D eigenvalue weighted by Gasteiger charge is -2.52. The van der Waals surface area contributed by atoms with Gasteiger partial charge < -0.3 is 9.71 Å². The summed E-state index contributed by atoms with van der Waals surface area (Å²) in [5.41, 5.74) is 29.0. The Morgan fingerprint density at radius 1 is 0.373 bits per heavy atom. The van der Waals surface area contributed by atoms with Crippen LogP contribution in [-0.4, -0.2) is 6.85 Å². The lowest BCUT2D eigenvalue weighted by Crippen LogP contribution is -2.63. The minimum absolute atomic E-state index is 0.153. The summed E-state index contributed by atoms with van der Waals surface area (Å²) < 4.78 is 0. The van der Waals surface area contributed by atoms with Crippen molar-refractivity contribution in [3.63, 3.8) is 0 Å². The minimum Gasteiger partial charge on any atom is -0.376 e. The Balaban J connectivity index is 1.11. The van der Waals surface area contributed by atoms with Crippen molar-refractivity contribution in [1.29, 1.82) is 0 Å². The molecule has 0 aromatic heterocycles. The summed E-state index contributed by atoms with van der Waals surface area (Å²) in [6, 6.07) is 85.0. The molecule has 0 bridgehead atoms. The van der Waals surface area contributed by atoms with Crippen molar-refractivity contribution >= 4 is 46.2 Å². The molecular formula is C64H43BN2. The van der Waals surface area contributed by atoms with E-state index in [9.17, 15) is 0 Å². The Labute approximate surface area is 392 Å². The molecule has 0 radical (unpaired) electrons. The molecule has 2 aliphatic carbocycles. The van der Waals surface area contributed by atoms with E-state index < -0.39 is 5.41 Å². The fourth-order valence-electron chi connectivity index (χ4n) is 13.4. The SMILES string of the molecule is CC1(C)c2ccccc2-c2cc3c4c(c21)-c1ccccc1N(c1cc(-c2ccccc2)cc(-c2ccccc2)c1)B4c1cccc2c1N3c1ccccc1C21c2ccccc2-c2ccccc21. The van der Waals surface area contributed by atoms with Crippen molar-refractivity contribution in [3.8, 4) is 55.6 Å². The molecule has 2 nitrogen and oxygen atoms in total. The van der Waals surface area contributed by atoms with E-state index in [0.717, 1.165) is 0 Å². The second-order valence-electron chi connectivity index (χ2n) is 19.5. The number of anilines is 5. The Morgan fingerprint density at radius 3 is 1.52 bits per heavy atom. The zero-order valence-corrected chi connectivity index (χ0v) is 37.3. The number of nitrogens with zero attached hydrogens (tertiary/aromatic N) is 2. The smallest absolute Gasteiger partial charge is 0.333 e. The number of hydrogen-bond acceptors (Lipinski definition) is 2. The van der Waals surface area contributed by atoms with Gasteiger partial charge in [-0.3, -0.25) is 0 Å². The zero-order valence-electron chi connectivity index (χ0n) is 37.3. The first-order valence-corrected chi connectivity index (χ1v) is 23.7. The molecule has 3 heterocycles. The van der Waals surface area contributed by atoms with E-state index in [2.05, 4.69) is 248 Å². The second-order valence-corrected chi connectivity index (χ2v) is 19.5. The van der Waals surface area contributed by atoms with Gasteiger partial charge in [-0.15, -0.1) is 0 Å². The van der Waals surface area contributed by atoms with Crippen LogP contribution >= 0.6 is 0 Å². The molecule has 67 heavy (non-hydrogen) atoms. The standard InChI is InChI=1S/C64H43BN2/c1-63(2)50-28-13-9-26-47(50)49-39-58-61-59(60(49)63)48-27-12-17-34-56(48)67(44-37-42(40-20-5-3-6-21-40)36-43(38-44)41-22-7-4-8-23-41)65(61)55-33-19-32-54-62(55)66(58)57-35-18-16-31-53(57)64(54)51-29-14-10-24-45(51)46-25-11-15-30-52(46)64/h3-39H,1-2H3. The Kier molecular flexibility index (Phi) is 7.34. The topological polar surface area (TPSA) is 6.48 Å². The van der Waals surface area contributed by atoms with Crippen LogP contribution in [0.3, 0.4) is 0 Å². The van der Waals surface area contributed by atoms with E-state index in [1.54, 1.807) is 0 Å². The molecule has 312 valence electrons. The molecule has 3 heteroatoms. The van der Waals surface area contributed by atoms with Gasteiger partial charge in [0.1, 0.15) is 0 Å². The Morgan fingerprint density at radius 2 is 0.881 bits per heavy atom. The van der Waals surface area contributed by atoms with E-state index in [0.29, 0.717) is 0 Å². The Hall–Kier alpha value is -8.14. The first-order chi connectivity index (χ1) is 33.0. The summed E-state index contributed by atoms with van der Waals surface area (Å²) in [6.45, 7) is 4.74. The predicted molar refractivity (Wildman–Crippen MR) is 279 cm³/mol. The monoisotopic (exact) mass is 850 g/mol. The quantitative estimate of drug-likeness (QED) is 0.163. The summed E-state index contributed by atoms with van der Waals surface area (Å²) in [5, 5.41) is 0. The molecule has 10 aromatic carbocycles. The number of rotatable bonds is 3. The molecule has 0 N–H and O–H groups in total. The van der Waals surface area contributed by atoms with Gasteiger partial charge in [0.15, 0.2) is 0 Å². The fraction of sp³-hybridized carbons (Fsp3) is 0.0625. The molecule has 15 rings (SSSR count). The van der Waals surface area contributed by atoms with Gasteiger partial charge in [0, 0.05) is 33.7 Å². The molecule has 5 aliphatic rings. The van der Waals surface area contributed by atoms with Crippen LogP contribution in [0.25, 0.3) is 55.6 Å².